The van der Waals surface area contributed by atoms with Gasteiger partial charge in [-0.15, -0.1) is 11.3 Å². The van der Waals surface area contributed by atoms with Gasteiger partial charge < -0.3 is 14.7 Å². The van der Waals surface area contributed by atoms with E-state index < -0.39 is 5.76 Å². The van der Waals surface area contributed by atoms with Gasteiger partial charge in [-0.1, -0.05) is 71.4 Å². The third-order valence-corrected chi connectivity index (χ3v) is 5.72. The lowest BCUT2D eigenvalue weighted by atomic mass is 10.1. The van der Waals surface area contributed by atoms with E-state index in [4.69, 9.17) is 33.2 Å². The monoisotopic (exact) mass is 499 g/mol. The van der Waals surface area contributed by atoms with Gasteiger partial charge in [-0.25, -0.2) is 9.78 Å². The largest absolute Gasteiger partial charge is 0.460 e. The fourth-order valence-electron chi connectivity index (χ4n) is 2.90. The number of thiazole rings is 1. The lowest BCUT2D eigenvalue weighted by Gasteiger charge is -2.06. The molecule has 33 heavy (non-hydrogen) atoms. The molecule has 0 bridgehead atoms. The second kappa shape index (κ2) is 10.5. The summed E-state index contributed by atoms with van der Waals surface area (Å²) in [5, 5.41) is 10.6. The normalized spacial score (nSPS) is 11.4. The highest BCUT2D eigenvalue weighted by atomic mass is 35.5. The fraction of sp³-hybridized carbons (Fsp3) is 0.136. The van der Waals surface area contributed by atoms with Gasteiger partial charge >= 0.3 is 5.76 Å². The van der Waals surface area contributed by atoms with Gasteiger partial charge in [0.15, 0.2) is 23.3 Å². The Balaban J connectivity index is 1.41. The standard InChI is InChI=1S/C22H18ClN5O3S2/c1-28-20(26-22(29)31-28)19(15-5-3-2-4-6-15)27-30-12-17-13-33-21(24-17)25-18(32)11-14-7-9-16(23)10-8-14/h2-10,13H,11-12H2,1H3,(H,24,25,32)/b27-19-. The van der Waals surface area contributed by atoms with Crippen LogP contribution in [0.3, 0.4) is 0 Å². The summed E-state index contributed by atoms with van der Waals surface area (Å²) < 4.78 is 6.20. The van der Waals surface area contributed by atoms with Crippen LogP contribution < -0.4 is 11.1 Å². The van der Waals surface area contributed by atoms with Crippen molar-refractivity contribution in [2.24, 2.45) is 12.2 Å². The number of halogens is 1. The van der Waals surface area contributed by atoms with E-state index in [0.717, 1.165) is 11.1 Å². The van der Waals surface area contributed by atoms with Crippen LogP contribution in [0.4, 0.5) is 5.13 Å². The topological polar surface area (TPSA) is 94.5 Å². The molecule has 0 saturated carbocycles. The summed E-state index contributed by atoms with van der Waals surface area (Å²) in [6, 6.07) is 16.8. The van der Waals surface area contributed by atoms with E-state index in [2.05, 4.69) is 20.4 Å². The van der Waals surface area contributed by atoms with Crippen molar-refractivity contribution in [1.82, 2.24) is 14.7 Å². The van der Waals surface area contributed by atoms with E-state index in [1.807, 2.05) is 60.0 Å². The van der Waals surface area contributed by atoms with Crippen molar-refractivity contribution >= 4 is 51.0 Å². The van der Waals surface area contributed by atoms with Gasteiger partial charge in [0, 0.05) is 29.4 Å². The van der Waals surface area contributed by atoms with Crippen molar-refractivity contribution in [3.8, 4) is 0 Å². The second-order valence-electron chi connectivity index (χ2n) is 6.86. The molecule has 4 aromatic rings. The summed E-state index contributed by atoms with van der Waals surface area (Å²) in [6.07, 6.45) is 0.582. The zero-order valence-electron chi connectivity index (χ0n) is 17.4. The van der Waals surface area contributed by atoms with Gasteiger partial charge in [0.25, 0.3) is 0 Å². The highest BCUT2D eigenvalue weighted by Gasteiger charge is 2.16. The number of anilines is 1. The van der Waals surface area contributed by atoms with Crippen molar-refractivity contribution < 1.29 is 9.36 Å². The summed E-state index contributed by atoms with van der Waals surface area (Å²) in [5.41, 5.74) is 2.85. The van der Waals surface area contributed by atoms with Crippen molar-refractivity contribution in [3.05, 3.63) is 98.2 Å². The number of aryl methyl sites for hydroxylation is 1. The molecule has 0 radical (unpaired) electrons. The summed E-state index contributed by atoms with van der Waals surface area (Å²) in [5.74, 6) is -0.444. The van der Waals surface area contributed by atoms with Crippen molar-refractivity contribution in [2.75, 3.05) is 5.32 Å². The van der Waals surface area contributed by atoms with Gasteiger partial charge in [-0.2, -0.15) is 9.72 Å². The molecule has 168 valence electrons. The van der Waals surface area contributed by atoms with Crippen LogP contribution in [0.25, 0.3) is 0 Å². The SMILES string of the molecule is Cn1oc(=O)nc1/C(=N\OCc1csc(NC(=S)Cc2ccc(Cl)cc2)n1)c1ccccc1. The van der Waals surface area contributed by atoms with Crippen LogP contribution >= 0.6 is 35.2 Å². The maximum Gasteiger partial charge on any atom is 0.460 e. The number of hydrogen-bond acceptors (Lipinski definition) is 8. The highest BCUT2D eigenvalue weighted by molar-refractivity contribution is 7.80. The number of benzene rings is 2. The average molecular weight is 500 g/mol. The number of hydrogen-bond donors (Lipinski definition) is 1. The zero-order valence-corrected chi connectivity index (χ0v) is 19.8. The Morgan fingerprint density at radius 3 is 2.67 bits per heavy atom. The summed E-state index contributed by atoms with van der Waals surface area (Å²) in [7, 11) is 1.58. The molecule has 2 heterocycles. The van der Waals surface area contributed by atoms with E-state index in [0.29, 0.717) is 33.0 Å². The molecule has 8 nitrogen and oxygen atoms in total. The second-order valence-corrected chi connectivity index (χ2v) is 8.65. The minimum Gasteiger partial charge on any atom is -0.389 e. The first-order valence-corrected chi connectivity index (χ1v) is 11.4. The van der Waals surface area contributed by atoms with Crippen LogP contribution in [0, 0.1) is 0 Å². The summed E-state index contributed by atoms with van der Waals surface area (Å²) in [4.78, 5) is 26.1. The average Bonchev–Trinajstić information content (AvgIpc) is 3.38. The Bertz CT molecular complexity index is 1330. The molecule has 0 spiro atoms. The molecule has 0 aliphatic carbocycles. The Morgan fingerprint density at radius 1 is 1.21 bits per heavy atom. The highest BCUT2D eigenvalue weighted by Crippen LogP contribution is 2.18. The predicted molar refractivity (Wildman–Crippen MR) is 132 cm³/mol. The number of rotatable bonds is 8. The fourth-order valence-corrected chi connectivity index (χ4v) is 4.08. The molecule has 0 saturated heterocycles. The summed E-state index contributed by atoms with van der Waals surface area (Å²) >= 11 is 12.8. The molecule has 0 aliphatic rings. The van der Waals surface area contributed by atoms with Gasteiger partial charge in [0.2, 0.25) is 0 Å². The molecule has 0 unspecified atom stereocenters. The summed E-state index contributed by atoms with van der Waals surface area (Å²) in [6.45, 7) is 0.129. The van der Waals surface area contributed by atoms with E-state index in [1.165, 1.54) is 16.1 Å². The van der Waals surface area contributed by atoms with Crippen LogP contribution in [0.2, 0.25) is 5.02 Å². The predicted octanol–water partition coefficient (Wildman–Crippen LogP) is 4.43. The van der Waals surface area contributed by atoms with Crippen LogP contribution in [-0.2, 0) is 24.9 Å². The van der Waals surface area contributed by atoms with E-state index in [-0.39, 0.29) is 12.4 Å². The lowest BCUT2D eigenvalue weighted by molar-refractivity contribution is 0.128. The van der Waals surface area contributed by atoms with E-state index >= 15 is 0 Å². The molecule has 11 heteroatoms. The minimum absolute atomic E-state index is 0.129. The first kappa shape index (κ1) is 22.8. The Labute approximate surface area is 203 Å². The van der Waals surface area contributed by atoms with Crippen molar-refractivity contribution in [2.45, 2.75) is 13.0 Å². The maximum atomic E-state index is 11.5. The van der Waals surface area contributed by atoms with Gasteiger partial charge in [0.1, 0.15) is 0 Å². The van der Waals surface area contributed by atoms with Crippen molar-refractivity contribution in [3.63, 3.8) is 0 Å². The first-order chi connectivity index (χ1) is 16.0. The lowest BCUT2D eigenvalue weighted by Crippen LogP contribution is -2.12. The molecule has 2 aromatic carbocycles. The van der Waals surface area contributed by atoms with E-state index in [1.54, 1.807) is 7.05 Å². The molecule has 0 aliphatic heterocycles. The Kier molecular flexibility index (Phi) is 7.28. The number of nitrogens with one attached hydrogen (secondary N) is 1. The number of thiocarbonyl (C=S) groups is 1. The van der Waals surface area contributed by atoms with Gasteiger partial charge in [-0.05, 0) is 17.7 Å². The third kappa shape index (κ3) is 6.13. The van der Waals surface area contributed by atoms with Crippen LogP contribution in [0.1, 0.15) is 22.6 Å². The molecular formula is C22H18ClN5O3S2. The maximum absolute atomic E-state index is 11.5. The molecule has 2 aromatic heterocycles. The van der Waals surface area contributed by atoms with E-state index in [9.17, 15) is 4.79 Å². The molecule has 4 rings (SSSR count). The number of oxime groups is 1. The van der Waals surface area contributed by atoms with Crippen LogP contribution in [-0.4, -0.2) is 25.4 Å². The Hall–Kier alpha value is -3.34. The molecule has 0 fully saturated rings. The molecule has 0 atom stereocenters. The molecule has 1 N–H and O–H groups in total. The van der Waals surface area contributed by atoms with Gasteiger partial charge in [0.05, 0.1) is 10.7 Å². The van der Waals surface area contributed by atoms with Crippen molar-refractivity contribution in [1.29, 1.82) is 0 Å². The van der Waals surface area contributed by atoms with Crippen LogP contribution in [0.15, 0.2) is 74.5 Å². The number of aromatic nitrogens is 3. The quantitative estimate of drug-likeness (QED) is 0.217. The van der Waals surface area contributed by atoms with Crippen LogP contribution in [0.5, 0.6) is 0 Å². The number of nitrogens with zero attached hydrogens (tertiary/aromatic N) is 4. The molecule has 0 amide bonds. The molecular weight excluding hydrogens is 482 g/mol. The van der Waals surface area contributed by atoms with Gasteiger partial charge in [-0.3, -0.25) is 0 Å². The minimum atomic E-state index is -0.707. The first-order valence-electron chi connectivity index (χ1n) is 9.77. The zero-order chi connectivity index (χ0) is 23.2. The third-order valence-electron chi connectivity index (χ3n) is 4.41. The Morgan fingerprint density at radius 2 is 1.97 bits per heavy atom. The smallest absolute Gasteiger partial charge is 0.389 e.